The maximum Gasteiger partial charge on any atom is 0.319 e. The minimum Gasteiger partial charge on any atom is -0.462 e. The first-order chi connectivity index (χ1) is 8.82. The van der Waals surface area contributed by atoms with E-state index >= 15 is 0 Å². The summed E-state index contributed by atoms with van der Waals surface area (Å²) >= 11 is 1.44. The smallest absolute Gasteiger partial charge is 0.319 e. The van der Waals surface area contributed by atoms with Crippen LogP contribution < -0.4 is 0 Å². The molecule has 0 aliphatic rings. The predicted molar refractivity (Wildman–Crippen MR) is 76.9 cm³/mol. The number of alkyl halides is 2. The van der Waals surface area contributed by atoms with Crippen molar-refractivity contribution in [2.24, 2.45) is 0 Å². The van der Waals surface area contributed by atoms with Crippen LogP contribution in [0.2, 0.25) is 0 Å². The lowest BCUT2D eigenvalue weighted by Gasteiger charge is -2.18. The monoisotopic (exact) mass is 296 g/mol. The van der Waals surface area contributed by atoms with Crippen LogP contribution in [0.3, 0.4) is 0 Å². The summed E-state index contributed by atoms with van der Waals surface area (Å²) in [7, 11) is 0. The Kier molecular flexibility index (Phi) is 9.40. The van der Waals surface area contributed by atoms with Crippen LogP contribution in [0.15, 0.2) is 0 Å². The second-order valence-corrected chi connectivity index (χ2v) is 6.26. The topological polar surface area (TPSA) is 26.3 Å². The predicted octanol–water partition coefficient (Wildman–Crippen LogP) is 4.67. The summed E-state index contributed by atoms with van der Waals surface area (Å²) in [6.45, 7) is 7.12. The summed E-state index contributed by atoms with van der Waals surface area (Å²) in [6, 6.07) is 0. The van der Waals surface area contributed by atoms with Gasteiger partial charge in [0.05, 0.1) is 6.10 Å². The third-order valence-electron chi connectivity index (χ3n) is 2.69. The van der Waals surface area contributed by atoms with E-state index in [1.54, 1.807) is 0 Å². The van der Waals surface area contributed by atoms with Gasteiger partial charge in [-0.15, -0.1) is 11.8 Å². The van der Waals surface area contributed by atoms with Gasteiger partial charge in [-0.25, -0.2) is 8.78 Å². The molecule has 0 aromatic heterocycles. The minimum absolute atomic E-state index is 0.103. The number of hydrogen-bond donors (Lipinski definition) is 0. The van der Waals surface area contributed by atoms with Crippen molar-refractivity contribution in [3.8, 4) is 0 Å². The highest BCUT2D eigenvalue weighted by molar-refractivity contribution is 8.00. The van der Waals surface area contributed by atoms with E-state index in [-0.39, 0.29) is 30.2 Å². The van der Waals surface area contributed by atoms with E-state index in [9.17, 15) is 13.6 Å². The number of carbonyl (C=O) groups is 1. The molecule has 0 rings (SSSR count). The number of esters is 1. The first kappa shape index (κ1) is 18.7. The van der Waals surface area contributed by atoms with Crippen LogP contribution in [-0.4, -0.2) is 29.0 Å². The molecule has 0 aromatic carbocycles. The minimum atomic E-state index is -2.57. The molecule has 0 N–H and O–H groups in total. The van der Waals surface area contributed by atoms with Crippen molar-refractivity contribution in [1.29, 1.82) is 0 Å². The van der Waals surface area contributed by atoms with E-state index < -0.39 is 5.92 Å². The van der Waals surface area contributed by atoms with Gasteiger partial charge in [0, 0.05) is 12.8 Å². The number of ether oxygens (including phenoxy) is 1. The third kappa shape index (κ3) is 9.25. The molecule has 114 valence electrons. The van der Waals surface area contributed by atoms with Crippen LogP contribution in [0, 0.1) is 0 Å². The van der Waals surface area contributed by atoms with Crippen molar-refractivity contribution in [3.63, 3.8) is 0 Å². The lowest BCUT2D eigenvalue weighted by Crippen LogP contribution is -2.24. The van der Waals surface area contributed by atoms with Gasteiger partial charge in [0.25, 0.3) is 0 Å². The standard InChI is InChI=1S/C14H26F2O2S/c1-5-8-12(13(17)18-11(3)4)19-10-7-9-14(15,16)6-2/h11-12H,5-10H2,1-4H3. The first-order valence-electron chi connectivity index (χ1n) is 7.02. The van der Waals surface area contributed by atoms with Crippen molar-refractivity contribution < 1.29 is 18.3 Å². The van der Waals surface area contributed by atoms with Gasteiger partial charge in [-0.2, -0.15) is 0 Å². The molecule has 0 amide bonds. The van der Waals surface area contributed by atoms with E-state index in [0.717, 1.165) is 12.8 Å². The number of halogens is 2. The van der Waals surface area contributed by atoms with E-state index in [1.165, 1.54) is 18.7 Å². The lowest BCUT2D eigenvalue weighted by atomic mass is 10.1. The lowest BCUT2D eigenvalue weighted by molar-refractivity contribution is -0.146. The van der Waals surface area contributed by atoms with Crippen LogP contribution >= 0.6 is 11.8 Å². The van der Waals surface area contributed by atoms with Gasteiger partial charge in [-0.1, -0.05) is 20.3 Å². The van der Waals surface area contributed by atoms with Gasteiger partial charge in [0.1, 0.15) is 5.25 Å². The Morgan fingerprint density at radius 2 is 1.95 bits per heavy atom. The Balaban J connectivity index is 4.04. The molecule has 0 aromatic rings. The highest BCUT2D eigenvalue weighted by atomic mass is 32.2. The SMILES string of the molecule is CCCC(SCCCC(F)(F)CC)C(=O)OC(C)C. The molecule has 0 saturated carbocycles. The number of hydrogen-bond acceptors (Lipinski definition) is 3. The van der Waals surface area contributed by atoms with Gasteiger partial charge in [0.2, 0.25) is 5.92 Å². The van der Waals surface area contributed by atoms with E-state index in [2.05, 4.69) is 0 Å². The summed E-state index contributed by atoms with van der Waals surface area (Å²) in [5, 5.41) is -0.220. The fourth-order valence-corrected chi connectivity index (χ4v) is 2.76. The Hall–Kier alpha value is -0.320. The molecular formula is C14H26F2O2S. The molecule has 0 aliphatic heterocycles. The van der Waals surface area contributed by atoms with Crippen LogP contribution in [0.25, 0.3) is 0 Å². The molecule has 0 radical (unpaired) electrons. The normalized spacial score (nSPS) is 13.6. The molecule has 0 saturated heterocycles. The highest BCUT2D eigenvalue weighted by Gasteiger charge is 2.26. The quantitative estimate of drug-likeness (QED) is 0.433. The Bertz CT molecular complexity index is 258. The fourth-order valence-electron chi connectivity index (χ4n) is 1.57. The zero-order chi connectivity index (χ0) is 14.9. The molecule has 0 bridgehead atoms. The molecule has 5 heteroatoms. The van der Waals surface area contributed by atoms with Gasteiger partial charge in [0.15, 0.2) is 0 Å². The second-order valence-electron chi connectivity index (χ2n) is 4.95. The average Bonchev–Trinajstić information content (AvgIpc) is 2.32. The Labute approximate surface area is 119 Å². The zero-order valence-corrected chi connectivity index (χ0v) is 13.2. The molecule has 0 aliphatic carbocycles. The molecule has 0 spiro atoms. The summed E-state index contributed by atoms with van der Waals surface area (Å²) in [5.74, 6) is -2.21. The van der Waals surface area contributed by atoms with Crippen molar-refractivity contribution >= 4 is 17.7 Å². The number of carbonyl (C=O) groups excluding carboxylic acids is 1. The molecule has 1 unspecified atom stereocenters. The van der Waals surface area contributed by atoms with Gasteiger partial charge in [-0.3, -0.25) is 4.79 Å². The summed E-state index contributed by atoms with van der Waals surface area (Å²) in [4.78, 5) is 11.8. The maximum atomic E-state index is 13.1. The maximum absolute atomic E-state index is 13.1. The number of thioether (sulfide) groups is 1. The van der Waals surface area contributed by atoms with Crippen LogP contribution in [0.4, 0.5) is 8.78 Å². The molecule has 2 nitrogen and oxygen atoms in total. The van der Waals surface area contributed by atoms with Crippen molar-refractivity contribution in [2.75, 3.05) is 5.75 Å². The molecule has 0 heterocycles. The van der Waals surface area contributed by atoms with Crippen molar-refractivity contribution in [2.45, 2.75) is 77.1 Å². The molecule has 0 fully saturated rings. The second kappa shape index (κ2) is 9.56. The molecule has 19 heavy (non-hydrogen) atoms. The summed E-state index contributed by atoms with van der Waals surface area (Å²) < 4.78 is 31.3. The van der Waals surface area contributed by atoms with Crippen molar-refractivity contribution in [3.05, 3.63) is 0 Å². The first-order valence-corrected chi connectivity index (χ1v) is 8.07. The highest BCUT2D eigenvalue weighted by Crippen LogP contribution is 2.26. The Morgan fingerprint density at radius 1 is 1.32 bits per heavy atom. The number of rotatable bonds is 10. The fraction of sp³-hybridized carbons (Fsp3) is 0.929. The molecular weight excluding hydrogens is 270 g/mol. The van der Waals surface area contributed by atoms with Gasteiger partial charge in [-0.05, 0) is 32.4 Å². The zero-order valence-electron chi connectivity index (χ0n) is 12.4. The van der Waals surface area contributed by atoms with E-state index in [4.69, 9.17) is 4.74 Å². The van der Waals surface area contributed by atoms with Crippen LogP contribution in [0.5, 0.6) is 0 Å². The van der Waals surface area contributed by atoms with Crippen LogP contribution in [0.1, 0.15) is 59.8 Å². The Morgan fingerprint density at radius 3 is 2.42 bits per heavy atom. The average molecular weight is 296 g/mol. The van der Waals surface area contributed by atoms with Gasteiger partial charge >= 0.3 is 5.97 Å². The molecule has 1 atom stereocenters. The summed E-state index contributed by atoms with van der Waals surface area (Å²) in [5.41, 5.74) is 0. The van der Waals surface area contributed by atoms with Crippen LogP contribution in [-0.2, 0) is 9.53 Å². The van der Waals surface area contributed by atoms with Crippen molar-refractivity contribution in [1.82, 2.24) is 0 Å². The third-order valence-corrected chi connectivity index (χ3v) is 4.04. The summed E-state index contributed by atoms with van der Waals surface area (Å²) in [6.07, 6.45) is 1.70. The van der Waals surface area contributed by atoms with E-state index in [0.29, 0.717) is 12.2 Å². The van der Waals surface area contributed by atoms with E-state index in [1.807, 2.05) is 20.8 Å². The van der Waals surface area contributed by atoms with Gasteiger partial charge < -0.3 is 4.74 Å². The largest absolute Gasteiger partial charge is 0.462 e.